The number of hydrogen-bond acceptors (Lipinski definition) is 10. The molecule has 0 rings (SSSR count). The molecule has 0 radical (unpaired) electrons. The normalized spacial score (nSPS) is 16.2. The van der Waals surface area contributed by atoms with Crippen molar-refractivity contribution in [3.8, 4) is 0 Å². The summed E-state index contributed by atoms with van der Waals surface area (Å²) in [5, 5.41) is 67.6. The molecule has 142 valence electrons. The third kappa shape index (κ3) is 21.5. The Morgan fingerprint density at radius 3 is 1.30 bits per heavy atom. The third-order valence-electron chi connectivity index (χ3n) is 1.84. The zero-order valence-corrected chi connectivity index (χ0v) is 12.7. The smallest absolute Gasteiger partial charge is 0.394 e. The van der Waals surface area contributed by atoms with Crippen LogP contribution in [0.3, 0.4) is 0 Å². The maximum atomic E-state index is 9.90. The summed E-state index contributed by atoms with van der Waals surface area (Å²) >= 11 is 0. The van der Waals surface area contributed by atoms with Crippen molar-refractivity contribution < 1.29 is 64.9 Å². The quantitative estimate of drug-likeness (QED) is 0.147. The van der Waals surface area contributed by atoms with Gasteiger partial charge in [0.05, 0.1) is 19.8 Å². The SMILES string of the molecule is O=C[C@H](O)[C@@H](O)[C@H](O)[C@H](O)CO.O=P(O)(O)O.OCC(O)CO. The van der Waals surface area contributed by atoms with Gasteiger partial charge in [-0.15, -0.1) is 0 Å². The van der Waals surface area contributed by atoms with Crippen molar-refractivity contribution in [2.75, 3.05) is 19.8 Å². The number of carbonyl (C=O) groups is 1. The van der Waals surface area contributed by atoms with Gasteiger partial charge in [-0.1, -0.05) is 0 Å². The highest BCUT2D eigenvalue weighted by molar-refractivity contribution is 7.45. The van der Waals surface area contributed by atoms with Crippen molar-refractivity contribution in [2.24, 2.45) is 0 Å². The van der Waals surface area contributed by atoms with E-state index >= 15 is 0 Å². The minimum atomic E-state index is -4.64. The first-order valence-electron chi connectivity index (χ1n) is 5.82. The van der Waals surface area contributed by atoms with E-state index in [0.29, 0.717) is 0 Å². The molecule has 0 spiro atoms. The summed E-state index contributed by atoms with van der Waals surface area (Å²) in [7, 11) is -4.64. The lowest BCUT2D eigenvalue weighted by atomic mass is 10.0. The van der Waals surface area contributed by atoms with Crippen LogP contribution in [0.1, 0.15) is 0 Å². The Balaban J connectivity index is -0.000000303. The highest BCUT2D eigenvalue weighted by atomic mass is 31.2. The summed E-state index contributed by atoms with van der Waals surface area (Å²) in [5.41, 5.74) is 0. The predicted molar refractivity (Wildman–Crippen MR) is 71.6 cm³/mol. The largest absolute Gasteiger partial charge is 0.466 e. The van der Waals surface area contributed by atoms with Gasteiger partial charge in [0.2, 0.25) is 0 Å². The van der Waals surface area contributed by atoms with E-state index in [0.717, 1.165) is 0 Å². The fourth-order valence-corrected chi connectivity index (χ4v) is 0.676. The van der Waals surface area contributed by atoms with Crippen molar-refractivity contribution in [1.82, 2.24) is 0 Å². The van der Waals surface area contributed by atoms with E-state index in [2.05, 4.69) is 0 Å². The van der Waals surface area contributed by atoms with Gasteiger partial charge in [0, 0.05) is 0 Å². The highest BCUT2D eigenvalue weighted by Crippen LogP contribution is 2.25. The molecule has 0 aromatic carbocycles. The van der Waals surface area contributed by atoms with Crippen LogP contribution >= 0.6 is 7.82 Å². The van der Waals surface area contributed by atoms with Crippen LogP contribution in [0.15, 0.2) is 0 Å². The standard InChI is InChI=1S/C6H12O6.C3H8O3.H3O4P/c7-1-3(9)5(11)6(12)4(10)2-8;4-1-3(6)2-5;1-5(2,3)4/h1,3-6,8-12H,2H2;3-6H,1-2H2;(H3,1,2,3,4)/t3-,4+,5+,6+;;/m0../s1. The van der Waals surface area contributed by atoms with Gasteiger partial charge in [-0.25, -0.2) is 4.57 Å². The zero-order chi connectivity index (χ0) is 19.2. The Kier molecular flexibility index (Phi) is 17.8. The summed E-state index contributed by atoms with van der Waals surface area (Å²) < 4.78 is 8.88. The van der Waals surface area contributed by atoms with E-state index in [9.17, 15) is 4.79 Å². The van der Waals surface area contributed by atoms with E-state index in [1.54, 1.807) is 0 Å². The van der Waals surface area contributed by atoms with E-state index in [1.807, 2.05) is 0 Å². The molecule has 0 aliphatic rings. The van der Waals surface area contributed by atoms with Crippen molar-refractivity contribution in [3.63, 3.8) is 0 Å². The Hall–Kier alpha value is -0.540. The molecule has 0 aliphatic heterocycles. The Bertz CT molecular complexity index is 308. The second kappa shape index (κ2) is 15.0. The molecular formula is C9H23O13P. The lowest BCUT2D eigenvalue weighted by Crippen LogP contribution is -2.46. The molecule has 23 heavy (non-hydrogen) atoms. The van der Waals surface area contributed by atoms with Gasteiger partial charge in [0.15, 0.2) is 6.29 Å². The van der Waals surface area contributed by atoms with Crippen LogP contribution in [0.5, 0.6) is 0 Å². The molecule has 0 aliphatic carbocycles. The third-order valence-corrected chi connectivity index (χ3v) is 1.84. The lowest BCUT2D eigenvalue weighted by Gasteiger charge is -2.22. The number of carbonyl (C=O) groups excluding carboxylic acids is 1. The van der Waals surface area contributed by atoms with E-state index in [1.165, 1.54) is 0 Å². The molecule has 0 saturated carbocycles. The van der Waals surface area contributed by atoms with Crippen molar-refractivity contribution >= 4 is 14.1 Å². The Morgan fingerprint density at radius 1 is 0.783 bits per heavy atom. The maximum absolute atomic E-state index is 9.90. The fourth-order valence-electron chi connectivity index (χ4n) is 0.676. The van der Waals surface area contributed by atoms with Gasteiger partial charge in [-0.2, -0.15) is 0 Å². The van der Waals surface area contributed by atoms with Crippen molar-refractivity contribution in [3.05, 3.63) is 0 Å². The molecule has 0 heterocycles. The second-order valence-electron chi connectivity index (χ2n) is 3.89. The van der Waals surface area contributed by atoms with Crippen molar-refractivity contribution in [1.29, 1.82) is 0 Å². The zero-order valence-electron chi connectivity index (χ0n) is 11.8. The minimum absolute atomic E-state index is 0.0258. The first kappa shape index (κ1) is 27.3. The molecule has 14 heteroatoms. The molecule has 0 aromatic heterocycles. The predicted octanol–water partition coefficient (Wildman–Crippen LogP) is -5.98. The number of aldehydes is 1. The number of aliphatic hydroxyl groups is 8. The van der Waals surface area contributed by atoms with Gasteiger partial charge in [0.25, 0.3) is 0 Å². The summed E-state index contributed by atoms with van der Waals surface area (Å²) in [6.45, 7) is -1.49. The fraction of sp³-hybridized carbons (Fsp3) is 0.889. The molecule has 0 aromatic rings. The van der Waals surface area contributed by atoms with Crippen LogP contribution in [-0.2, 0) is 9.36 Å². The number of rotatable bonds is 7. The number of aliphatic hydroxyl groups excluding tert-OH is 8. The lowest BCUT2D eigenvalue weighted by molar-refractivity contribution is -0.136. The van der Waals surface area contributed by atoms with Gasteiger partial charge in [-0.3, -0.25) is 0 Å². The van der Waals surface area contributed by atoms with Crippen LogP contribution in [0.25, 0.3) is 0 Å². The van der Waals surface area contributed by atoms with Gasteiger partial charge < -0.3 is 60.3 Å². The molecule has 4 atom stereocenters. The summed E-state index contributed by atoms with van der Waals surface area (Å²) in [5.74, 6) is 0. The topological polar surface area (TPSA) is 257 Å². The number of hydrogen-bond donors (Lipinski definition) is 11. The molecule has 0 bridgehead atoms. The highest BCUT2D eigenvalue weighted by Gasteiger charge is 2.29. The average molecular weight is 370 g/mol. The van der Waals surface area contributed by atoms with Gasteiger partial charge in [-0.05, 0) is 0 Å². The average Bonchev–Trinajstić information content (AvgIpc) is 2.49. The van der Waals surface area contributed by atoms with Crippen LogP contribution in [-0.4, -0.2) is 112 Å². The van der Waals surface area contributed by atoms with Crippen LogP contribution in [0.4, 0.5) is 0 Å². The van der Waals surface area contributed by atoms with E-state index in [4.69, 9.17) is 60.1 Å². The molecule has 0 fully saturated rings. The minimum Gasteiger partial charge on any atom is -0.394 e. The van der Waals surface area contributed by atoms with Crippen LogP contribution < -0.4 is 0 Å². The van der Waals surface area contributed by atoms with Gasteiger partial charge >= 0.3 is 7.82 Å². The van der Waals surface area contributed by atoms with Gasteiger partial charge in [0.1, 0.15) is 30.5 Å². The number of phosphoric acid groups is 1. The molecular weight excluding hydrogens is 347 g/mol. The van der Waals surface area contributed by atoms with Crippen molar-refractivity contribution in [2.45, 2.75) is 30.5 Å². The second-order valence-corrected chi connectivity index (χ2v) is 4.92. The van der Waals surface area contributed by atoms with Crippen LogP contribution in [0.2, 0.25) is 0 Å². The Labute approximate surface area is 130 Å². The molecule has 0 saturated heterocycles. The monoisotopic (exact) mass is 370 g/mol. The Morgan fingerprint density at radius 2 is 1.13 bits per heavy atom. The first-order valence-corrected chi connectivity index (χ1v) is 7.38. The molecule has 11 N–H and O–H groups in total. The summed E-state index contributed by atoms with van der Waals surface area (Å²) in [4.78, 5) is 31.5. The van der Waals surface area contributed by atoms with Crippen LogP contribution in [0, 0.1) is 0 Å². The molecule has 0 unspecified atom stereocenters. The molecule has 13 nitrogen and oxygen atoms in total. The maximum Gasteiger partial charge on any atom is 0.466 e. The van der Waals surface area contributed by atoms with E-state index < -0.39 is 44.9 Å². The first-order chi connectivity index (χ1) is 10.3. The molecule has 0 amide bonds. The summed E-state index contributed by atoms with van der Waals surface area (Å²) in [6.07, 6.45) is -7.79. The summed E-state index contributed by atoms with van der Waals surface area (Å²) in [6, 6.07) is 0. The van der Waals surface area contributed by atoms with E-state index in [-0.39, 0.29) is 19.5 Å².